The van der Waals surface area contributed by atoms with Gasteiger partial charge in [-0.1, -0.05) is 13.8 Å². The number of anilines is 2. The predicted octanol–water partition coefficient (Wildman–Crippen LogP) is 3.15. The summed E-state index contributed by atoms with van der Waals surface area (Å²) in [5.41, 5.74) is 6.49. The average Bonchev–Trinajstić information content (AvgIpc) is 2.78. The number of thiophene rings is 1. The highest BCUT2D eigenvalue weighted by Crippen LogP contribution is 2.31. The number of ketones is 1. The summed E-state index contributed by atoms with van der Waals surface area (Å²) >= 11 is 1.44. The molecule has 1 aromatic rings. The molecular formula is C14H22N2O2S. The fourth-order valence-electron chi connectivity index (χ4n) is 2.13. The van der Waals surface area contributed by atoms with Crippen molar-refractivity contribution >= 4 is 27.8 Å². The lowest BCUT2D eigenvalue weighted by Gasteiger charge is -2.22. The summed E-state index contributed by atoms with van der Waals surface area (Å²) in [5, 5.41) is 4.29. The van der Waals surface area contributed by atoms with Gasteiger partial charge in [-0.25, -0.2) is 0 Å². The van der Waals surface area contributed by atoms with Crippen LogP contribution < -0.4 is 11.1 Å². The molecule has 1 aliphatic heterocycles. The van der Waals surface area contributed by atoms with Crippen molar-refractivity contribution in [1.29, 1.82) is 0 Å². The summed E-state index contributed by atoms with van der Waals surface area (Å²) in [6, 6.07) is 1.85. The number of nitrogens with two attached hydrogens (primary N) is 1. The molecule has 19 heavy (non-hydrogen) atoms. The van der Waals surface area contributed by atoms with Gasteiger partial charge in [0.05, 0.1) is 21.7 Å². The molecule has 0 spiro atoms. The van der Waals surface area contributed by atoms with Gasteiger partial charge in [0, 0.05) is 19.1 Å². The molecule has 0 saturated carbocycles. The average molecular weight is 282 g/mol. The third-order valence-corrected chi connectivity index (χ3v) is 4.41. The van der Waals surface area contributed by atoms with E-state index in [1.807, 2.05) is 19.9 Å². The molecule has 1 unspecified atom stereocenters. The summed E-state index contributed by atoms with van der Waals surface area (Å²) < 4.78 is 5.67. The van der Waals surface area contributed by atoms with Crippen LogP contribution in [0.5, 0.6) is 0 Å². The lowest BCUT2D eigenvalue weighted by molar-refractivity contribution is 0.0248. The van der Waals surface area contributed by atoms with Crippen molar-refractivity contribution in [1.82, 2.24) is 0 Å². The van der Waals surface area contributed by atoms with Crippen LogP contribution in [0.25, 0.3) is 0 Å². The number of nitrogens with one attached hydrogen (secondary N) is 1. The van der Waals surface area contributed by atoms with Gasteiger partial charge in [-0.05, 0) is 25.3 Å². The van der Waals surface area contributed by atoms with Crippen molar-refractivity contribution in [3.05, 3.63) is 10.9 Å². The first-order valence-corrected chi connectivity index (χ1v) is 7.68. The van der Waals surface area contributed by atoms with Crippen LogP contribution in [-0.2, 0) is 4.74 Å². The van der Waals surface area contributed by atoms with Gasteiger partial charge < -0.3 is 15.8 Å². The Morgan fingerprint density at radius 3 is 3.00 bits per heavy atom. The van der Waals surface area contributed by atoms with E-state index < -0.39 is 0 Å². The second-order valence-electron chi connectivity index (χ2n) is 5.28. The molecule has 0 radical (unpaired) electrons. The first-order chi connectivity index (χ1) is 9.08. The lowest BCUT2D eigenvalue weighted by atomic mass is 10.1. The largest absolute Gasteiger partial charge is 0.397 e. The van der Waals surface area contributed by atoms with Crippen molar-refractivity contribution in [2.45, 2.75) is 39.2 Å². The highest BCUT2D eigenvalue weighted by molar-refractivity contribution is 7.18. The molecule has 1 atom stereocenters. The number of nitrogen functional groups attached to an aromatic ring is 1. The first-order valence-electron chi connectivity index (χ1n) is 6.87. The highest BCUT2D eigenvalue weighted by Gasteiger charge is 2.18. The number of carbonyl (C=O) groups excluding carboxylic acids is 1. The Kier molecular flexibility index (Phi) is 4.82. The number of hydrogen-bond acceptors (Lipinski definition) is 5. The zero-order valence-electron chi connectivity index (χ0n) is 11.6. The van der Waals surface area contributed by atoms with Crippen LogP contribution in [0.4, 0.5) is 10.7 Å². The molecule has 1 aromatic heterocycles. The van der Waals surface area contributed by atoms with E-state index in [-0.39, 0.29) is 17.8 Å². The molecular weight excluding hydrogens is 260 g/mol. The zero-order chi connectivity index (χ0) is 13.8. The van der Waals surface area contributed by atoms with Crippen LogP contribution in [0.1, 0.15) is 42.8 Å². The number of carbonyl (C=O) groups is 1. The van der Waals surface area contributed by atoms with Crippen molar-refractivity contribution in [3.63, 3.8) is 0 Å². The van der Waals surface area contributed by atoms with E-state index in [9.17, 15) is 4.79 Å². The van der Waals surface area contributed by atoms with E-state index in [1.54, 1.807) is 0 Å². The number of ether oxygens (including phenoxy) is 1. The minimum atomic E-state index is -0.0181. The van der Waals surface area contributed by atoms with Crippen molar-refractivity contribution in [2.24, 2.45) is 5.92 Å². The fraction of sp³-hybridized carbons (Fsp3) is 0.643. The van der Waals surface area contributed by atoms with Crippen molar-refractivity contribution in [3.8, 4) is 0 Å². The summed E-state index contributed by atoms with van der Waals surface area (Å²) in [5.74, 6) is 0.0972. The van der Waals surface area contributed by atoms with Crippen LogP contribution in [0.15, 0.2) is 6.07 Å². The van der Waals surface area contributed by atoms with Crippen LogP contribution in [0.3, 0.4) is 0 Å². The molecule has 1 aliphatic rings. The maximum Gasteiger partial charge on any atom is 0.177 e. The third kappa shape index (κ3) is 3.70. The van der Waals surface area contributed by atoms with Crippen LogP contribution in [0, 0.1) is 5.92 Å². The molecule has 1 saturated heterocycles. The Morgan fingerprint density at radius 1 is 1.58 bits per heavy atom. The molecule has 1 fully saturated rings. The summed E-state index contributed by atoms with van der Waals surface area (Å²) in [6.07, 6.45) is 3.78. The van der Waals surface area contributed by atoms with E-state index in [0.717, 1.165) is 31.0 Å². The molecule has 0 amide bonds. The van der Waals surface area contributed by atoms with Crippen molar-refractivity contribution < 1.29 is 9.53 Å². The summed E-state index contributed by atoms with van der Waals surface area (Å²) in [7, 11) is 0. The summed E-state index contributed by atoms with van der Waals surface area (Å²) in [4.78, 5) is 12.6. The van der Waals surface area contributed by atoms with Gasteiger partial charge >= 0.3 is 0 Å². The number of rotatable bonds is 5. The SMILES string of the molecule is CC(C)C(=O)c1sc(NCC2CCCCO2)cc1N. The molecule has 2 rings (SSSR count). The molecule has 4 nitrogen and oxygen atoms in total. The van der Waals surface area contributed by atoms with E-state index >= 15 is 0 Å². The lowest BCUT2D eigenvalue weighted by Crippen LogP contribution is -2.26. The van der Waals surface area contributed by atoms with Crippen LogP contribution in [-0.4, -0.2) is 25.0 Å². The Hall–Kier alpha value is -1.07. The minimum Gasteiger partial charge on any atom is -0.397 e. The van der Waals surface area contributed by atoms with Gasteiger partial charge in [0.25, 0.3) is 0 Å². The molecule has 5 heteroatoms. The van der Waals surface area contributed by atoms with Gasteiger partial charge in [-0.3, -0.25) is 4.79 Å². The van der Waals surface area contributed by atoms with Gasteiger partial charge in [0.2, 0.25) is 0 Å². The molecule has 3 N–H and O–H groups in total. The Morgan fingerprint density at radius 2 is 2.37 bits per heavy atom. The van der Waals surface area contributed by atoms with Gasteiger partial charge in [0.1, 0.15) is 0 Å². The van der Waals surface area contributed by atoms with E-state index in [4.69, 9.17) is 10.5 Å². The zero-order valence-corrected chi connectivity index (χ0v) is 12.4. The Labute approximate surface area is 118 Å². The topological polar surface area (TPSA) is 64.3 Å². The molecule has 0 aromatic carbocycles. The maximum atomic E-state index is 12.0. The van der Waals surface area contributed by atoms with E-state index in [2.05, 4.69) is 5.32 Å². The number of Topliss-reactive ketones (excluding diaryl/α,β-unsaturated/α-hetero) is 1. The van der Waals surface area contributed by atoms with Crippen LogP contribution >= 0.6 is 11.3 Å². The quantitative estimate of drug-likeness (QED) is 0.814. The second-order valence-corrected chi connectivity index (χ2v) is 6.34. The van der Waals surface area contributed by atoms with Gasteiger partial charge in [0.15, 0.2) is 5.78 Å². The van der Waals surface area contributed by atoms with Gasteiger partial charge in [-0.15, -0.1) is 11.3 Å². The van der Waals surface area contributed by atoms with Gasteiger partial charge in [-0.2, -0.15) is 0 Å². The Balaban J connectivity index is 1.94. The fourth-order valence-corrected chi connectivity index (χ4v) is 3.20. The van der Waals surface area contributed by atoms with E-state index in [1.165, 1.54) is 17.8 Å². The maximum absolute atomic E-state index is 12.0. The third-order valence-electron chi connectivity index (χ3n) is 3.29. The molecule has 2 heterocycles. The normalized spacial score (nSPS) is 19.6. The predicted molar refractivity (Wildman–Crippen MR) is 80.0 cm³/mol. The second kappa shape index (κ2) is 6.39. The Bertz CT molecular complexity index is 437. The monoisotopic (exact) mass is 282 g/mol. The van der Waals surface area contributed by atoms with Crippen LogP contribution in [0.2, 0.25) is 0 Å². The molecule has 0 bridgehead atoms. The summed E-state index contributed by atoms with van der Waals surface area (Å²) in [6.45, 7) is 5.43. The smallest absolute Gasteiger partial charge is 0.177 e. The minimum absolute atomic E-state index is 0.0181. The van der Waals surface area contributed by atoms with Crippen molar-refractivity contribution in [2.75, 3.05) is 24.2 Å². The first kappa shape index (κ1) is 14.3. The number of hydrogen-bond donors (Lipinski definition) is 2. The molecule has 0 aliphatic carbocycles. The van der Waals surface area contributed by atoms with E-state index in [0.29, 0.717) is 10.6 Å². The molecule has 106 valence electrons. The highest BCUT2D eigenvalue weighted by atomic mass is 32.1. The standard InChI is InChI=1S/C14H22N2O2S/c1-9(2)13(17)14-11(15)7-12(19-14)16-8-10-5-3-4-6-18-10/h7,9-10,16H,3-6,8,15H2,1-2H3.